The van der Waals surface area contributed by atoms with E-state index in [0.717, 1.165) is 6.08 Å². The number of carbonyl (C=O) groups is 1. The van der Waals surface area contributed by atoms with Crippen molar-refractivity contribution in [1.82, 2.24) is 0 Å². The van der Waals surface area contributed by atoms with Crippen molar-refractivity contribution in [2.75, 3.05) is 0 Å². The predicted molar refractivity (Wildman–Crippen MR) is 32.4 cm³/mol. The van der Waals surface area contributed by atoms with Gasteiger partial charge in [0.25, 0.3) is 0 Å². The quantitative estimate of drug-likeness (QED) is 0.310. The van der Waals surface area contributed by atoms with Crippen molar-refractivity contribution in [3.05, 3.63) is 12.7 Å². The summed E-state index contributed by atoms with van der Waals surface area (Å²) in [5, 5.41) is 7.60. The molecule has 6 nitrogen and oxygen atoms in total. The van der Waals surface area contributed by atoms with E-state index in [1.165, 1.54) is 0 Å². The van der Waals surface area contributed by atoms with Gasteiger partial charge in [-0.15, -0.1) is 0 Å². The maximum atomic E-state index is 10.3. The van der Waals surface area contributed by atoms with Gasteiger partial charge in [-0.1, -0.05) is 11.1 Å². The van der Waals surface area contributed by atoms with Crippen LogP contribution < -0.4 is 0 Å². The Labute approximate surface area is 62.2 Å². The number of halogens is 1. The Kier molecular flexibility index (Phi) is 6.94. The lowest BCUT2D eigenvalue weighted by Crippen LogP contribution is -2.35. The molecule has 0 bridgehead atoms. The zero-order valence-electron chi connectivity index (χ0n) is 5.27. The summed E-state index contributed by atoms with van der Waals surface area (Å²) in [5.41, 5.74) is 0. The second-order valence-corrected chi connectivity index (χ2v) is 2.50. The minimum absolute atomic E-state index is 0.833. The molecule has 66 valence electrons. The minimum atomic E-state index is -4.80. The van der Waals surface area contributed by atoms with Crippen molar-refractivity contribution in [2.24, 2.45) is 0 Å². The van der Waals surface area contributed by atoms with Gasteiger partial charge in [0.15, 0.2) is 0 Å². The van der Waals surface area contributed by atoms with Gasteiger partial charge in [0.2, 0.25) is 0 Å². The summed E-state index contributed by atoms with van der Waals surface area (Å²) in [7, 11) is -4.80. The Morgan fingerprint density at radius 1 is 1.55 bits per heavy atom. The second-order valence-electron chi connectivity index (χ2n) is 1.19. The van der Waals surface area contributed by atoms with E-state index in [9.17, 15) is 9.32 Å². The lowest BCUT2D eigenvalue weighted by Gasteiger charge is -1.96. The fourth-order valence-corrected chi connectivity index (χ4v) is 0. The molecule has 0 aromatic heterocycles. The van der Waals surface area contributed by atoms with E-state index in [1.807, 2.05) is 0 Å². The molecule has 0 atom stereocenters. The summed E-state index contributed by atoms with van der Waals surface area (Å²) in [5.74, 6) is -0.981. The molecule has 0 radical (unpaired) electrons. The molecule has 0 aromatic carbocycles. The van der Waals surface area contributed by atoms with Gasteiger partial charge >= 0.3 is 15.0 Å². The highest BCUT2D eigenvalue weighted by atomic mass is 28.4. The highest BCUT2D eigenvalue weighted by molar-refractivity contribution is 6.48. The van der Waals surface area contributed by atoms with E-state index in [4.69, 9.17) is 19.5 Å². The predicted octanol–water partition coefficient (Wildman–Crippen LogP) is -1.44. The van der Waals surface area contributed by atoms with Gasteiger partial charge in [0.05, 0.1) is 0 Å². The van der Waals surface area contributed by atoms with Gasteiger partial charge in [0, 0.05) is 6.08 Å². The largest absolute Gasteiger partial charge is 0.703 e. The molecule has 0 aliphatic carbocycles. The Balaban J connectivity index is 0. The lowest BCUT2D eigenvalue weighted by molar-refractivity contribution is -0.131. The van der Waals surface area contributed by atoms with Crippen molar-refractivity contribution in [1.29, 1.82) is 0 Å². The summed E-state index contributed by atoms with van der Waals surface area (Å²) in [6, 6.07) is 0. The first-order valence-electron chi connectivity index (χ1n) is 2.15. The highest BCUT2D eigenvalue weighted by Crippen LogP contribution is 1.85. The number of carboxylic acid groups (broad SMARTS) is 1. The van der Waals surface area contributed by atoms with E-state index in [0.29, 0.717) is 0 Å². The van der Waals surface area contributed by atoms with E-state index < -0.39 is 15.0 Å². The summed E-state index contributed by atoms with van der Waals surface area (Å²) in [6.45, 7) is 2.96. The van der Waals surface area contributed by atoms with Gasteiger partial charge in [-0.3, -0.25) is 0 Å². The number of aliphatic carboxylic acids is 1. The first-order chi connectivity index (χ1) is 4.83. The molecule has 0 amide bonds. The van der Waals surface area contributed by atoms with Crippen LogP contribution in [0.4, 0.5) is 4.53 Å². The van der Waals surface area contributed by atoms with Crippen LogP contribution in [0.5, 0.6) is 0 Å². The molecule has 4 N–H and O–H groups in total. The fourth-order valence-electron chi connectivity index (χ4n) is 0. The van der Waals surface area contributed by atoms with Crippen molar-refractivity contribution in [3.63, 3.8) is 0 Å². The molecule has 0 rings (SSSR count). The molecule has 0 saturated carbocycles. The van der Waals surface area contributed by atoms with Gasteiger partial charge in [-0.2, -0.15) is 4.63 Å². The Bertz CT molecular complexity index is 130. The number of carboxylic acids is 1. The molecule has 0 heterocycles. The molecule has 0 saturated heterocycles. The Hall–Kier alpha value is -0.803. The van der Waals surface area contributed by atoms with Gasteiger partial charge in [-0.05, 0) is 0 Å². The van der Waals surface area contributed by atoms with Crippen molar-refractivity contribution in [3.8, 4) is 0 Å². The van der Waals surface area contributed by atoms with Crippen LogP contribution in [0.15, 0.2) is 12.7 Å². The highest BCUT2D eigenvalue weighted by Gasteiger charge is 2.31. The Morgan fingerprint density at radius 3 is 1.73 bits per heavy atom. The van der Waals surface area contributed by atoms with Crippen LogP contribution in [0.2, 0.25) is 0 Å². The van der Waals surface area contributed by atoms with Crippen molar-refractivity contribution >= 4 is 15.0 Å². The first kappa shape index (κ1) is 12.8. The van der Waals surface area contributed by atoms with Crippen LogP contribution in [0, 0.1) is 0 Å². The molecule has 0 aliphatic heterocycles. The normalized spacial score (nSPS) is 9.45. The average Bonchev–Trinajstić information content (AvgIpc) is 1.88. The topological polar surface area (TPSA) is 107 Å². The number of hydrogen-bond donors (Lipinski definition) is 4. The summed E-state index contributed by atoms with van der Waals surface area (Å²) in [4.78, 5) is 31.7. The summed E-state index contributed by atoms with van der Waals surface area (Å²) >= 11 is 0. The molecule has 0 aliphatic rings. The third-order valence-corrected chi connectivity index (χ3v) is 0.485. The maximum Gasteiger partial charge on any atom is 0.703 e. The molecular formula is C3H7FO6Si. The third-order valence-electron chi connectivity index (χ3n) is 0.278. The SMILES string of the molecule is C=CC(=O)O.O[Si](O)(O)OF. The number of hydrogen-bond acceptors (Lipinski definition) is 5. The van der Waals surface area contributed by atoms with E-state index in [-0.39, 0.29) is 0 Å². The van der Waals surface area contributed by atoms with Crippen LogP contribution in [0.25, 0.3) is 0 Å². The van der Waals surface area contributed by atoms with Crippen LogP contribution in [-0.4, -0.2) is 34.5 Å². The Morgan fingerprint density at radius 2 is 1.73 bits per heavy atom. The van der Waals surface area contributed by atoms with Gasteiger partial charge < -0.3 is 19.5 Å². The van der Waals surface area contributed by atoms with Crippen LogP contribution in [0.3, 0.4) is 0 Å². The fraction of sp³-hybridized carbons (Fsp3) is 0. The second kappa shape index (κ2) is 5.94. The zero-order chi connectivity index (χ0) is 9.49. The number of rotatable bonds is 2. The maximum absolute atomic E-state index is 10.3. The first-order valence-corrected chi connectivity index (χ1v) is 3.90. The molecular weight excluding hydrogens is 179 g/mol. The van der Waals surface area contributed by atoms with Crippen LogP contribution in [0.1, 0.15) is 0 Å². The van der Waals surface area contributed by atoms with E-state index in [1.54, 1.807) is 0 Å². The van der Waals surface area contributed by atoms with Crippen LogP contribution >= 0.6 is 0 Å². The van der Waals surface area contributed by atoms with Crippen LogP contribution in [-0.2, 0) is 9.43 Å². The molecule has 0 unspecified atom stereocenters. The minimum Gasteiger partial charge on any atom is -0.478 e. The van der Waals surface area contributed by atoms with Crippen molar-refractivity contribution in [2.45, 2.75) is 0 Å². The average molecular weight is 186 g/mol. The summed E-state index contributed by atoms with van der Waals surface area (Å²) < 4.78 is 12.6. The standard InChI is InChI=1S/C3H4O2.FH3O4Si/c1-2-3(4)5;1-5-6(2,3)4/h2H,1H2,(H,4,5);2-4H. The third kappa shape index (κ3) is 27.0. The molecule has 8 heteroatoms. The zero-order valence-corrected chi connectivity index (χ0v) is 6.27. The molecule has 0 spiro atoms. The van der Waals surface area contributed by atoms with E-state index >= 15 is 0 Å². The van der Waals surface area contributed by atoms with Crippen molar-refractivity contribution < 1.29 is 33.4 Å². The lowest BCUT2D eigenvalue weighted by atomic mass is 10.7. The van der Waals surface area contributed by atoms with Gasteiger partial charge in [0.1, 0.15) is 0 Å². The molecule has 0 aromatic rings. The molecule has 0 fully saturated rings. The molecule has 11 heavy (non-hydrogen) atoms. The summed E-state index contributed by atoms with van der Waals surface area (Å²) in [6.07, 6.45) is 0.833. The van der Waals surface area contributed by atoms with E-state index in [2.05, 4.69) is 11.2 Å². The smallest absolute Gasteiger partial charge is 0.478 e. The van der Waals surface area contributed by atoms with Gasteiger partial charge in [-0.25, -0.2) is 4.79 Å². The monoisotopic (exact) mass is 186 g/mol.